The number of ether oxygens (including phenoxy) is 1. The Hall–Kier alpha value is -2.63. The Balaban J connectivity index is 1.98. The van der Waals surface area contributed by atoms with E-state index in [1.165, 1.54) is 6.07 Å². The van der Waals surface area contributed by atoms with Crippen molar-refractivity contribution in [3.63, 3.8) is 0 Å². The summed E-state index contributed by atoms with van der Waals surface area (Å²) in [4.78, 5) is 11.5. The fourth-order valence-corrected chi connectivity index (χ4v) is 3.18. The summed E-state index contributed by atoms with van der Waals surface area (Å²) < 4.78 is 35.6. The van der Waals surface area contributed by atoms with Crippen molar-refractivity contribution in [3.05, 3.63) is 42.0 Å². The summed E-state index contributed by atoms with van der Waals surface area (Å²) in [6, 6.07) is 10.6. The van der Waals surface area contributed by atoms with Crippen LogP contribution in [0.15, 0.2) is 40.8 Å². The summed E-state index contributed by atoms with van der Waals surface area (Å²) in [6.45, 7) is -2.39. The van der Waals surface area contributed by atoms with Gasteiger partial charge in [0.05, 0.1) is 0 Å². The van der Waals surface area contributed by atoms with E-state index in [1.54, 1.807) is 12.1 Å². The van der Waals surface area contributed by atoms with Crippen LogP contribution in [0.5, 0.6) is 5.75 Å². The molecule has 3 aromatic rings. The van der Waals surface area contributed by atoms with E-state index in [9.17, 15) is 13.6 Å². The molecule has 1 amide bonds. The summed E-state index contributed by atoms with van der Waals surface area (Å²) in [5.41, 5.74) is 1.81. The molecule has 4 rings (SSSR count). The Morgan fingerprint density at radius 3 is 2.78 bits per heavy atom. The third-order valence-electron chi connectivity index (χ3n) is 4.16. The van der Waals surface area contributed by atoms with E-state index in [1.807, 2.05) is 18.2 Å². The molecule has 1 N–H and O–H groups in total. The Morgan fingerprint density at radius 2 is 2.04 bits per heavy atom. The van der Waals surface area contributed by atoms with Crippen LogP contribution in [0.3, 0.4) is 0 Å². The Labute approximate surface area is 130 Å². The molecule has 0 saturated carbocycles. The van der Waals surface area contributed by atoms with Gasteiger partial charge in [-0.3, -0.25) is 4.79 Å². The molecule has 118 valence electrons. The van der Waals surface area contributed by atoms with Crippen LogP contribution in [-0.2, 0) is 4.79 Å². The van der Waals surface area contributed by atoms with E-state index >= 15 is 0 Å². The third kappa shape index (κ3) is 2.30. The first-order valence-electron chi connectivity index (χ1n) is 7.29. The van der Waals surface area contributed by atoms with Crippen LogP contribution in [0.4, 0.5) is 8.78 Å². The molecular formula is C17H13F2NO3. The minimum Gasteiger partial charge on any atom is -0.452 e. The summed E-state index contributed by atoms with van der Waals surface area (Å²) in [6.07, 6.45) is 0.379. The third-order valence-corrected chi connectivity index (χ3v) is 4.16. The van der Waals surface area contributed by atoms with Crippen molar-refractivity contribution in [1.82, 2.24) is 5.32 Å². The van der Waals surface area contributed by atoms with E-state index in [2.05, 4.69) is 10.1 Å². The van der Waals surface area contributed by atoms with Crippen LogP contribution in [0.25, 0.3) is 21.9 Å². The molecule has 1 aromatic heterocycles. The lowest BCUT2D eigenvalue weighted by atomic mass is 9.93. The average Bonchev–Trinajstić information content (AvgIpc) is 3.11. The molecule has 0 bridgehead atoms. The van der Waals surface area contributed by atoms with Crippen LogP contribution >= 0.6 is 0 Å². The second kappa shape index (κ2) is 5.22. The van der Waals surface area contributed by atoms with Gasteiger partial charge in [-0.25, -0.2) is 0 Å². The van der Waals surface area contributed by atoms with Gasteiger partial charge in [0, 0.05) is 29.7 Å². The number of alkyl halides is 2. The van der Waals surface area contributed by atoms with Gasteiger partial charge in [-0.05, 0) is 17.7 Å². The molecule has 2 heterocycles. The number of fused-ring (bicyclic) bond motifs is 3. The number of carbonyl (C=O) groups is 1. The molecule has 0 unspecified atom stereocenters. The fraction of sp³-hybridized carbons (Fsp3) is 0.235. The normalized spacial score (nSPS) is 18.0. The van der Waals surface area contributed by atoms with Gasteiger partial charge >= 0.3 is 6.61 Å². The Morgan fingerprint density at radius 1 is 1.22 bits per heavy atom. The highest BCUT2D eigenvalue weighted by atomic mass is 19.3. The van der Waals surface area contributed by atoms with Gasteiger partial charge in [0.15, 0.2) is 11.3 Å². The number of nitrogens with one attached hydrogen (secondary N) is 1. The Kier molecular flexibility index (Phi) is 3.18. The lowest BCUT2D eigenvalue weighted by molar-refractivity contribution is -0.119. The van der Waals surface area contributed by atoms with Crippen LogP contribution < -0.4 is 10.1 Å². The summed E-state index contributed by atoms with van der Waals surface area (Å²) in [7, 11) is 0. The Bertz CT molecular complexity index is 903. The van der Waals surface area contributed by atoms with E-state index in [-0.39, 0.29) is 17.6 Å². The number of hydrogen-bond acceptors (Lipinski definition) is 3. The number of carbonyl (C=O) groups excluding carboxylic acids is 1. The van der Waals surface area contributed by atoms with Crippen molar-refractivity contribution in [2.75, 3.05) is 6.54 Å². The van der Waals surface area contributed by atoms with Gasteiger partial charge in [0.25, 0.3) is 0 Å². The quantitative estimate of drug-likeness (QED) is 0.799. The molecule has 1 saturated heterocycles. The molecule has 0 aliphatic carbocycles. The zero-order valence-electron chi connectivity index (χ0n) is 12.0. The maximum Gasteiger partial charge on any atom is 0.387 e. The predicted octanol–water partition coefficient (Wildman–Crippen LogP) is 3.79. The van der Waals surface area contributed by atoms with E-state index in [4.69, 9.17) is 4.42 Å². The van der Waals surface area contributed by atoms with Gasteiger partial charge in [-0.2, -0.15) is 8.78 Å². The monoisotopic (exact) mass is 317 g/mol. The standard InChI is InChI=1S/C17H13F2NO3/c18-17(19)23-13-6-5-10(9-7-14(21)20-8-9)15-11-3-1-2-4-12(11)22-16(13)15/h1-6,9,17H,7-8H2,(H,20,21)/t9-/m1/s1. The molecule has 1 atom stereocenters. The van der Waals surface area contributed by atoms with Crippen molar-refractivity contribution in [1.29, 1.82) is 0 Å². The summed E-state index contributed by atoms with van der Waals surface area (Å²) in [5.74, 6) is -0.0114. The number of benzene rings is 2. The largest absolute Gasteiger partial charge is 0.452 e. The maximum atomic E-state index is 12.6. The highest BCUT2D eigenvalue weighted by Gasteiger charge is 2.27. The number of rotatable bonds is 3. The minimum absolute atomic E-state index is 0.00670. The van der Waals surface area contributed by atoms with Crippen molar-refractivity contribution in [2.24, 2.45) is 0 Å². The van der Waals surface area contributed by atoms with Crippen LogP contribution in [0.2, 0.25) is 0 Å². The number of para-hydroxylation sites is 1. The zero-order valence-corrected chi connectivity index (χ0v) is 12.0. The predicted molar refractivity (Wildman–Crippen MR) is 80.7 cm³/mol. The van der Waals surface area contributed by atoms with E-state index in [0.717, 1.165) is 16.3 Å². The van der Waals surface area contributed by atoms with E-state index < -0.39 is 6.61 Å². The van der Waals surface area contributed by atoms with Crippen molar-refractivity contribution in [2.45, 2.75) is 19.0 Å². The molecule has 0 spiro atoms. The summed E-state index contributed by atoms with van der Waals surface area (Å²) in [5, 5.41) is 4.37. The molecule has 6 heteroatoms. The van der Waals surface area contributed by atoms with Gasteiger partial charge in [0.2, 0.25) is 5.91 Å². The molecule has 1 aliphatic rings. The van der Waals surface area contributed by atoms with Gasteiger partial charge in [-0.1, -0.05) is 24.3 Å². The summed E-state index contributed by atoms with van der Waals surface area (Å²) >= 11 is 0. The fourth-order valence-electron chi connectivity index (χ4n) is 3.18. The van der Waals surface area contributed by atoms with Gasteiger partial charge in [-0.15, -0.1) is 0 Å². The minimum atomic E-state index is -2.92. The van der Waals surface area contributed by atoms with E-state index in [0.29, 0.717) is 24.1 Å². The first kappa shape index (κ1) is 14.0. The molecular weight excluding hydrogens is 304 g/mol. The molecule has 1 fully saturated rings. The molecule has 2 aromatic carbocycles. The topological polar surface area (TPSA) is 51.5 Å². The second-order valence-corrected chi connectivity index (χ2v) is 5.54. The van der Waals surface area contributed by atoms with Crippen molar-refractivity contribution >= 4 is 27.8 Å². The van der Waals surface area contributed by atoms with Crippen LogP contribution in [0, 0.1) is 0 Å². The number of furan rings is 1. The zero-order chi connectivity index (χ0) is 16.0. The molecule has 4 nitrogen and oxygen atoms in total. The van der Waals surface area contributed by atoms with Crippen molar-refractivity contribution in [3.8, 4) is 5.75 Å². The SMILES string of the molecule is O=C1C[C@@H](c2ccc(OC(F)F)c3oc4ccccc4c23)CN1. The van der Waals surface area contributed by atoms with Gasteiger partial charge in [0.1, 0.15) is 5.58 Å². The lowest BCUT2D eigenvalue weighted by Gasteiger charge is -2.12. The highest BCUT2D eigenvalue weighted by molar-refractivity contribution is 6.09. The first-order chi connectivity index (χ1) is 11.1. The average molecular weight is 317 g/mol. The first-order valence-corrected chi connectivity index (χ1v) is 7.29. The molecule has 23 heavy (non-hydrogen) atoms. The number of hydrogen-bond donors (Lipinski definition) is 1. The smallest absolute Gasteiger partial charge is 0.387 e. The lowest BCUT2D eigenvalue weighted by Crippen LogP contribution is -2.13. The molecule has 0 radical (unpaired) electrons. The van der Waals surface area contributed by atoms with Crippen LogP contribution in [0.1, 0.15) is 17.9 Å². The highest BCUT2D eigenvalue weighted by Crippen LogP contribution is 2.41. The van der Waals surface area contributed by atoms with Crippen molar-refractivity contribution < 1.29 is 22.7 Å². The molecule has 1 aliphatic heterocycles. The number of amides is 1. The van der Waals surface area contributed by atoms with Gasteiger partial charge < -0.3 is 14.5 Å². The number of halogens is 2. The second-order valence-electron chi connectivity index (χ2n) is 5.54. The van der Waals surface area contributed by atoms with Crippen LogP contribution in [-0.4, -0.2) is 19.1 Å². The maximum absolute atomic E-state index is 12.6.